The van der Waals surface area contributed by atoms with E-state index in [1.54, 1.807) is 18.2 Å². The van der Waals surface area contributed by atoms with Crippen LogP contribution in [0.1, 0.15) is 38.3 Å². The molecule has 0 unspecified atom stereocenters. The van der Waals surface area contributed by atoms with Gasteiger partial charge in [-0.1, -0.05) is 32.0 Å². The van der Waals surface area contributed by atoms with Gasteiger partial charge >= 0.3 is 0 Å². The average Bonchev–Trinajstić information content (AvgIpc) is 2.34. The normalized spacial score (nSPS) is 14.5. The van der Waals surface area contributed by atoms with Gasteiger partial charge in [-0.3, -0.25) is 10.1 Å². The predicted octanol–water partition coefficient (Wildman–Crippen LogP) is 2.39. The number of hydrogen-bond acceptors (Lipinski definition) is 4. The Morgan fingerprint density at radius 2 is 1.94 bits per heavy atom. The first kappa shape index (κ1) is 14.6. The Balaban J connectivity index is 2.83. The number of aliphatic hydroxyl groups is 1. The fourth-order valence-electron chi connectivity index (χ4n) is 1.83. The van der Waals surface area contributed by atoms with Crippen LogP contribution in [0.2, 0.25) is 0 Å². The van der Waals surface area contributed by atoms with E-state index >= 15 is 0 Å². The number of nitro groups is 1. The first-order valence-electron chi connectivity index (χ1n) is 6.10. The van der Waals surface area contributed by atoms with Crippen LogP contribution in [0, 0.1) is 16.0 Å². The molecular formula is C13H20N2O3. The molecule has 0 saturated carbocycles. The van der Waals surface area contributed by atoms with E-state index in [1.807, 2.05) is 0 Å². The molecule has 0 fully saturated rings. The SMILES string of the molecule is CC(C)CC[C@H](O)[C@H](N)c1ccccc1[N+](=O)[O-]. The highest BCUT2D eigenvalue weighted by molar-refractivity contribution is 5.42. The van der Waals surface area contributed by atoms with Gasteiger partial charge in [-0.05, 0) is 18.8 Å². The molecule has 5 heteroatoms. The van der Waals surface area contributed by atoms with E-state index in [0.717, 1.165) is 6.42 Å². The summed E-state index contributed by atoms with van der Waals surface area (Å²) in [6.07, 6.45) is 0.633. The minimum absolute atomic E-state index is 0.0337. The van der Waals surface area contributed by atoms with E-state index in [2.05, 4.69) is 13.8 Å². The average molecular weight is 252 g/mol. The molecule has 0 radical (unpaired) electrons. The van der Waals surface area contributed by atoms with E-state index in [1.165, 1.54) is 6.07 Å². The Hall–Kier alpha value is -1.46. The fraction of sp³-hybridized carbons (Fsp3) is 0.538. The maximum Gasteiger partial charge on any atom is 0.274 e. The predicted molar refractivity (Wildman–Crippen MR) is 70.1 cm³/mol. The smallest absolute Gasteiger partial charge is 0.274 e. The summed E-state index contributed by atoms with van der Waals surface area (Å²) in [5.41, 5.74) is 6.26. The molecule has 0 heterocycles. The van der Waals surface area contributed by atoms with E-state index in [9.17, 15) is 15.2 Å². The van der Waals surface area contributed by atoms with Gasteiger partial charge in [0.05, 0.1) is 17.1 Å². The standard InChI is InChI=1S/C13H20N2O3/c1-9(2)7-8-12(16)13(14)10-5-3-4-6-11(10)15(17)18/h3-6,9,12-13,16H,7-8,14H2,1-2H3/t12-,13+/m0/s1. The molecule has 1 aromatic carbocycles. The number of hydrogen-bond donors (Lipinski definition) is 2. The van der Waals surface area contributed by atoms with Gasteiger partial charge in [0.25, 0.3) is 5.69 Å². The molecule has 2 atom stereocenters. The van der Waals surface area contributed by atoms with Crippen molar-refractivity contribution in [2.75, 3.05) is 0 Å². The van der Waals surface area contributed by atoms with Crippen LogP contribution in [0.25, 0.3) is 0 Å². The topological polar surface area (TPSA) is 89.4 Å². The third-order valence-electron chi connectivity index (χ3n) is 2.95. The van der Waals surface area contributed by atoms with Gasteiger partial charge < -0.3 is 10.8 Å². The summed E-state index contributed by atoms with van der Waals surface area (Å²) in [5.74, 6) is 0.470. The van der Waals surface area contributed by atoms with Crippen LogP contribution in [-0.4, -0.2) is 16.1 Å². The Bertz CT molecular complexity index is 407. The lowest BCUT2D eigenvalue weighted by molar-refractivity contribution is -0.385. The number of aliphatic hydroxyl groups excluding tert-OH is 1. The van der Waals surface area contributed by atoms with Crippen molar-refractivity contribution in [2.24, 2.45) is 11.7 Å². The number of nitrogens with zero attached hydrogens (tertiary/aromatic N) is 1. The highest BCUT2D eigenvalue weighted by Crippen LogP contribution is 2.27. The zero-order valence-electron chi connectivity index (χ0n) is 10.7. The van der Waals surface area contributed by atoms with Crippen LogP contribution < -0.4 is 5.73 Å². The number of rotatable bonds is 6. The number of nitro benzene ring substituents is 1. The van der Waals surface area contributed by atoms with Gasteiger partial charge in [0.15, 0.2) is 0 Å². The highest BCUT2D eigenvalue weighted by Gasteiger charge is 2.24. The number of nitrogens with two attached hydrogens (primary N) is 1. The lowest BCUT2D eigenvalue weighted by Crippen LogP contribution is -2.27. The molecule has 0 saturated heterocycles. The summed E-state index contributed by atoms with van der Waals surface area (Å²) < 4.78 is 0. The van der Waals surface area contributed by atoms with Gasteiger partial charge in [0.1, 0.15) is 0 Å². The van der Waals surface area contributed by atoms with Crippen molar-refractivity contribution in [1.29, 1.82) is 0 Å². The third-order valence-corrected chi connectivity index (χ3v) is 2.95. The first-order valence-corrected chi connectivity index (χ1v) is 6.10. The summed E-state index contributed by atoms with van der Waals surface area (Å²) in [7, 11) is 0. The summed E-state index contributed by atoms with van der Waals surface area (Å²) in [6.45, 7) is 4.12. The maximum absolute atomic E-state index is 10.9. The number of para-hydroxylation sites is 1. The van der Waals surface area contributed by atoms with E-state index < -0.39 is 17.1 Å². The van der Waals surface area contributed by atoms with Crippen LogP contribution in [0.4, 0.5) is 5.69 Å². The molecule has 0 aliphatic rings. The fourth-order valence-corrected chi connectivity index (χ4v) is 1.83. The first-order chi connectivity index (χ1) is 8.43. The minimum Gasteiger partial charge on any atom is -0.391 e. The van der Waals surface area contributed by atoms with E-state index in [-0.39, 0.29) is 5.69 Å². The van der Waals surface area contributed by atoms with Crippen molar-refractivity contribution in [3.63, 3.8) is 0 Å². The zero-order chi connectivity index (χ0) is 13.7. The second-order valence-corrected chi connectivity index (χ2v) is 4.88. The molecule has 0 aliphatic heterocycles. The minimum atomic E-state index is -0.756. The van der Waals surface area contributed by atoms with E-state index in [0.29, 0.717) is 17.9 Å². The van der Waals surface area contributed by atoms with Crippen molar-refractivity contribution in [3.05, 3.63) is 39.9 Å². The Morgan fingerprint density at radius 3 is 2.50 bits per heavy atom. The van der Waals surface area contributed by atoms with Crippen LogP contribution >= 0.6 is 0 Å². The van der Waals surface area contributed by atoms with Crippen molar-refractivity contribution in [2.45, 2.75) is 38.8 Å². The second kappa shape index (κ2) is 6.47. The van der Waals surface area contributed by atoms with Crippen molar-refractivity contribution >= 4 is 5.69 Å². The lowest BCUT2D eigenvalue weighted by atomic mass is 9.95. The van der Waals surface area contributed by atoms with Crippen molar-refractivity contribution in [3.8, 4) is 0 Å². The summed E-state index contributed by atoms with van der Waals surface area (Å²) in [6, 6.07) is 5.57. The monoisotopic (exact) mass is 252 g/mol. The summed E-state index contributed by atoms with van der Waals surface area (Å²) in [5, 5.41) is 20.9. The van der Waals surface area contributed by atoms with Gasteiger partial charge in [0.2, 0.25) is 0 Å². The molecule has 5 nitrogen and oxygen atoms in total. The molecule has 0 bridgehead atoms. The van der Waals surface area contributed by atoms with Gasteiger partial charge in [-0.25, -0.2) is 0 Å². The molecule has 1 rings (SSSR count). The van der Waals surface area contributed by atoms with E-state index in [4.69, 9.17) is 5.73 Å². The third kappa shape index (κ3) is 3.78. The molecule has 0 aliphatic carbocycles. The summed E-state index contributed by atoms with van der Waals surface area (Å²) in [4.78, 5) is 10.4. The zero-order valence-corrected chi connectivity index (χ0v) is 10.7. The van der Waals surface area contributed by atoms with Crippen LogP contribution in [0.15, 0.2) is 24.3 Å². The molecule has 1 aromatic rings. The molecule has 100 valence electrons. The molecule has 0 amide bonds. The van der Waals surface area contributed by atoms with Crippen LogP contribution in [0.5, 0.6) is 0 Å². The number of benzene rings is 1. The Labute approximate surface area is 107 Å². The molecule has 0 aromatic heterocycles. The Kier molecular flexibility index (Phi) is 5.25. The van der Waals surface area contributed by atoms with Crippen LogP contribution in [0.3, 0.4) is 0 Å². The van der Waals surface area contributed by atoms with Crippen molar-refractivity contribution < 1.29 is 10.0 Å². The maximum atomic E-state index is 10.9. The van der Waals surface area contributed by atoms with Gasteiger partial charge in [-0.2, -0.15) is 0 Å². The van der Waals surface area contributed by atoms with Gasteiger partial charge in [-0.15, -0.1) is 0 Å². The Morgan fingerprint density at radius 1 is 1.33 bits per heavy atom. The quantitative estimate of drug-likeness (QED) is 0.601. The van der Waals surface area contributed by atoms with Gasteiger partial charge in [0, 0.05) is 11.6 Å². The summed E-state index contributed by atoms with van der Waals surface area (Å²) >= 11 is 0. The molecule has 3 N–H and O–H groups in total. The largest absolute Gasteiger partial charge is 0.391 e. The second-order valence-electron chi connectivity index (χ2n) is 4.88. The molecule has 18 heavy (non-hydrogen) atoms. The molecule has 0 spiro atoms. The van der Waals surface area contributed by atoms with Crippen molar-refractivity contribution in [1.82, 2.24) is 0 Å². The van der Waals surface area contributed by atoms with Crippen LogP contribution in [-0.2, 0) is 0 Å². The highest BCUT2D eigenvalue weighted by atomic mass is 16.6. The lowest BCUT2D eigenvalue weighted by Gasteiger charge is -2.19. The molecular weight excluding hydrogens is 232 g/mol.